The van der Waals surface area contributed by atoms with E-state index < -0.39 is 41.1 Å². The second kappa shape index (κ2) is 10.8. The van der Waals surface area contributed by atoms with Gasteiger partial charge in [-0.15, -0.1) is 23.2 Å². The standard InChI is InChI=1S/C25H24Cl2N2O7/c1-34-15-6-7-21(35-2)20(9-15)28-22(30)12-36-25(33)13-4-3-5-14(8-13)29-23(31)16-10-18(26)19(27)11-17(16)24(29)32/h3-9,16-19H,10-12H2,1-2H3,(H,28,30)/t16-,17+,18-,19-/m0/s1. The van der Waals surface area contributed by atoms with Gasteiger partial charge in [-0.25, -0.2) is 4.79 Å². The maximum absolute atomic E-state index is 13.0. The van der Waals surface area contributed by atoms with E-state index in [1.54, 1.807) is 24.3 Å². The lowest BCUT2D eigenvalue weighted by atomic mass is 9.80. The van der Waals surface area contributed by atoms with Crippen molar-refractivity contribution in [1.82, 2.24) is 0 Å². The van der Waals surface area contributed by atoms with Crippen LogP contribution in [0.1, 0.15) is 23.2 Å². The molecule has 2 aromatic rings. The zero-order valence-electron chi connectivity index (χ0n) is 19.5. The van der Waals surface area contributed by atoms with Crippen molar-refractivity contribution in [3.05, 3.63) is 48.0 Å². The molecule has 0 bridgehead atoms. The highest BCUT2D eigenvalue weighted by Crippen LogP contribution is 2.43. The van der Waals surface area contributed by atoms with Crippen molar-refractivity contribution in [3.8, 4) is 11.5 Å². The third kappa shape index (κ3) is 5.12. The molecular formula is C25H24Cl2N2O7. The minimum absolute atomic E-state index is 0.0835. The Morgan fingerprint density at radius 3 is 2.25 bits per heavy atom. The molecule has 1 saturated carbocycles. The van der Waals surface area contributed by atoms with E-state index in [0.29, 0.717) is 30.0 Å². The molecule has 0 radical (unpaired) electrons. The van der Waals surface area contributed by atoms with E-state index in [1.165, 1.54) is 32.4 Å². The Bertz CT molecular complexity index is 1180. The average Bonchev–Trinajstić information content (AvgIpc) is 3.11. The van der Waals surface area contributed by atoms with E-state index >= 15 is 0 Å². The number of amides is 3. The number of fused-ring (bicyclic) bond motifs is 1. The minimum atomic E-state index is -0.789. The van der Waals surface area contributed by atoms with Crippen LogP contribution in [0, 0.1) is 11.8 Å². The summed E-state index contributed by atoms with van der Waals surface area (Å²) in [5.41, 5.74) is 0.683. The Labute approximate surface area is 217 Å². The molecule has 1 saturated heterocycles. The largest absolute Gasteiger partial charge is 0.497 e. The number of carbonyl (C=O) groups excluding carboxylic acids is 4. The molecule has 0 unspecified atom stereocenters. The van der Waals surface area contributed by atoms with Crippen LogP contribution in [-0.4, -0.2) is 55.3 Å². The van der Waals surface area contributed by atoms with Gasteiger partial charge in [-0.3, -0.25) is 19.3 Å². The Hall–Kier alpha value is -3.30. The molecule has 36 heavy (non-hydrogen) atoms. The monoisotopic (exact) mass is 534 g/mol. The van der Waals surface area contributed by atoms with Crippen molar-refractivity contribution in [2.24, 2.45) is 11.8 Å². The number of imide groups is 1. The lowest BCUT2D eigenvalue weighted by Crippen LogP contribution is -2.34. The van der Waals surface area contributed by atoms with Gasteiger partial charge in [0.15, 0.2) is 6.61 Å². The smallest absolute Gasteiger partial charge is 0.338 e. The van der Waals surface area contributed by atoms with Crippen molar-refractivity contribution in [2.45, 2.75) is 23.6 Å². The third-order valence-electron chi connectivity index (χ3n) is 6.27. The number of benzene rings is 2. The third-order valence-corrected chi connectivity index (χ3v) is 7.36. The van der Waals surface area contributed by atoms with Crippen LogP contribution in [0.3, 0.4) is 0 Å². The summed E-state index contributed by atoms with van der Waals surface area (Å²) < 4.78 is 15.5. The molecular weight excluding hydrogens is 511 g/mol. The molecule has 190 valence electrons. The van der Waals surface area contributed by atoms with E-state index in [0.717, 1.165) is 4.90 Å². The number of nitrogens with zero attached hydrogens (tertiary/aromatic N) is 1. The van der Waals surface area contributed by atoms with Crippen LogP contribution in [0.4, 0.5) is 11.4 Å². The molecule has 2 fully saturated rings. The molecule has 2 aliphatic rings. The topological polar surface area (TPSA) is 111 Å². The number of carbonyl (C=O) groups is 4. The van der Waals surface area contributed by atoms with E-state index in [-0.39, 0.29) is 23.1 Å². The molecule has 3 amide bonds. The highest BCUT2D eigenvalue weighted by atomic mass is 35.5. The van der Waals surface area contributed by atoms with Gasteiger partial charge in [0.05, 0.1) is 53.7 Å². The minimum Gasteiger partial charge on any atom is -0.497 e. The van der Waals surface area contributed by atoms with E-state index in [1.807, 2.05) is 0 Å². The van der Waals surface area contributed by atoms with Gasteiger partial charge in [-0.05, 0) is 43.2 Å². The van der Waals surface area contributed by atoms with Crippen LogP contribution in [0.2, 0.25) is 0 Å². The first-order chi connectivity index (χ1) is 17.2. The highest BCUT2D eigenvalue weighted by molar-refractivity contribution is 6.31. The van der Waals surface area contributed by atoms with Crippen LogP contribution < -0.4 is 19.7 Å². The molecule has 4 rings (SSSR count). The Morgan fingerprint density at radius 2 is 1.64 bits per heavy atom. The van der Waals surface area contributed by atoms with Crippen molar-refractivity contribution in [1.29, 1.82) is 0 Å². The van der Waals surface area contributed by atoms with Crippen LogP contribution in [-0.2, 0) is 19.1 Å². The normalized spacial score (nSPS) is 23.2. The number of ether oxygens (including phenoxy) is 3. The zero-order valence-corrected chi connectivity index (χ0v) is 21.0. The predicted molar refractivity (Wildman–Crippen MR) is 133 cm³/mol. The SMILES string of the molecule is COc1ccc(OC)c(NC(=O)COC(=O)c2cccc(N3C(=O)[C@H]4C[C@H](Cl)[C@@H](Cl)C[C@H]4C3=O)c2)c1. The molecule has 0 spiro atoms. The number of hydrogen-bond donors (Lipinski definition) is 1. The Kier molecular flexibility index (Phi) is 7.70. The first-order valence-corrected chi connectivity index (χ1v) is 12.1. The van der Waals surface area contributed by atoms with E-state index in [2.05, 4.69) is 5.32 Å². The first kappa shape index (κ1) is 25.8. The number of hydrogen-bond acceptors (Lipinski definition) is 7. The molecule has 9 nitrogen and oxygen atoms in total. The predicted octanol–water partition coefficient (Wildman–Crippen LogP) is 3.61. The summed E-state index contributed by atoms with van der Waals surface area (Å²) >= 11 is 12.5. The molecule has 11 heteroatoms. The molecule has 1 aliphatic carbocycles. The average molecular weight is 535 g/mol. The van der Waals surface area contributed by atoms with Gasteiger partial charge in [-0.2, -0.15) is 0 Å². The van der Waals surface area contributed by atoms with Gasteiger partial charge in [0.2, 0.25) is 11.8 Å². The maximum atomic E-state index is 13.0. The second-order valence-corrected chi connectivity index (χ2v) is 9.59. The number of nitrogens with one attached hydrogen (secondary N) is 1. The van der Waals surface area contributed by atoms with Crippen molar-refractivity contribution in [3.63, 3.8) is 0 Å². The quantitative estimate of drug-likeness (QED) is 0.328. The first-order valence-electron chi connectivity index (χ1n) is 11.2. The van der Waals surface area contributed by atoms with E-state index in [4.69, 9.17) is 37.4 Å². The second-order valence-electron chi connectivity index (χ2n) is 8.47. The number of methoxy groups -OCH3 is 2. The van der Waals surface area contributed by atoms with Crippen molar-refractivity contribution >= 4 is 58.3 Å². The fourth-order valence-electron chi connectivity index (χ4n) is 4.43. The molecule has 2 aromatic carbocycles. The van der Waals surface area contributed by atoms with Gasteiger partial charge < -0.3 is 19.5 Å². The molecule has 0 aromatic heterocycles. The summed E-state index contributed by atoms with van der Waals surface area (Å²) in [6, 6.07) is 10.8. The maximum Gasteiger partial charge on any atom is 0.338 e. The van der Waals surface area contributed by atoms with Crippen molar-refractivity contribution in [2.75, 3.05) is 31.0 Å². The van der Waals surface area contributed by atoms with Gasteiger partial charge in [-0.1, -0.05) is 6.07 Å². The lowest BCUT2D eigenvalue weighted by molar-refractivity contribution is -0.122. The van der Waals surface area contributed by atoms with Gasteiger partial charge in [0, 0.05) is 6.07 Å². The Balaban J connectivity index is 1.42. The Morgan fingerprint density at radius 1 is 0.972 bits per heavy atom. The van der Waals surface area contributed by atoms with Crippen LogP contribution in [0.25, 0.3) is 0 Å². The fourth-order valence-corrected chi connectivity index (χ4v) is 5.02. The summed E-state index contributed by atoms with van der Waals surface area (Å²) in [5, 5.41) is 1.82. The van der Waals surface area contributed by atoms with Gasteiger partial charge in [0.1, 0.15) is 11.5 Å². The molecule has 1 N–H and O–H groups in total. The highest BCUT2D eigenvalue weighted by Gasteiger charge is 2.52. The summed E-state index contributed by atoms with van der Waals surface area (Å²) in [5.74, 6) is -2.27. The van der Waals surface area contributed by atoms with Crippen LogP contribution in [0.5, 0.6) is 11.5 Å². The zero-order chi connectivity index (χ0) is 26.0. The summed E-state index contributed by atoms with van der Waals surface area (Å²) in [4.78, 5) is 52.0. The number of halogens is 2. The van der Waals surface area contributed by atoms with Gasteiger partial charge in [0.25, 0.3) is 5.91 Å². The molecule has 1 heterocycles. The number of esters is 1. The lowest BCUT2D eigenvalue weighted by Gasteiger charge is -2.28. The molecule has 4 atom stereocenters. The summed E-state index contributed by atoms with van der Waals surface area (Å²) in [7, 11) is 2.95. The number of anilines is 2. The number of rotatable bonds is 7. The van der Waals surface area contributed by atoms with E-state index in [9.17, 15) is 19.2 Å². The summed E-state index contributed by atoms with van der Waals surface area (Å²) in [6.07, 6.45) is 0.632. The molecule has 1 aliphatic heterocycles. The number of alkyl halides is 2. The van der Waals surface area contributed by atoms with Crippen LogP contribution >= 0.6 is 23.2 Å². The van der Waals surface area contributed by atoms with Crippen LogP contribution in [0.15, 0.2) is 42.5 Å². The van der Waals surface area contributed by atoms with Gasteiger partial charge >= 0.3 is 5.97 Å². The fraction of sp³-hybridized carbons (Fsp3) is 0.360. The van der Waals surface area contributed by atoms with Crippen molar-refractivity contribution < 1.29 is 33.4 Å². The summed E-state index contributed by atoms with van der Waals surface area (Å²) in [6.45, 7) is -0.566.